The third-order valence-corrected chi connectivity index (χ3v) is 7.82. The van der Waals surface area contributed by atoms with Gasteiger partial charge in [0, 0.05) is 50.4 Å². The zero-order valence-electron chi connectivity index (χ0n) is 20.6. The molecule has 36 heavy (non-hydrogen) atoms. The van der Waals surface area contributed by atoms with Gasteiger partial charge in [0.2, 0.25) is 0 Å². The number of pyridine rings is 1. The van der Waals surface area contributed by atoms with Crippen LogP contribution in [-0.4, -0.2) is 75.4 Å². The molecule has 2 saturated heterocycles. The SMILES string of the molecule is COc1cc(C(=O)N2C[C@@H]3NCCO[C@@H]3C2)cc2nc(-c3cc4cccnc4n3CC3CC3)n(C)c12. The van der Waals surface area contributed by atoms with Crippen molar-refractivity contribution in [1.82, 2.24) is 29.3 Å². The number of benzene rings is 1. The molecule has 3 aliphatic rings. The molecular formula is C27H30N6O3. The van der Waals surface area contributed by atoms with Gasteiger partial charge in [0.25, 0.3) is 5.91 Å². The number of aromatic nitrogens is 4. The molecule has 4 aromatic rings. The van der Waals surface area contributed by atoms with E-state index in [9.17, 15) is 4.79 Å². The molecule has 3 aromatic heterocycles. The van der Waals surface area contributed by atoms with Gasteiger partial charge >= 0.3 is 0 Å². The quantitative estimate of drug-likeness (QED) is 0.467. The molecule has 7 rings (SSSR count). The highest BCUT2D eigenvalue weighted by Crippen LogP contribution is 2.37. The Morgan fingerprint density at radius 1 is 1.25 bits per heavy atom. The molecule has 9 nitrogen and oxygen atoms in total. The number of methoxy groups -OCH3 is 1. The van der Waals surface area contributed by atoms with Gasteiger partial charge in [-0.05, 0) is 49.1 Å². The molecule has 1 N–H and O–H groups in total. The largest absolute Gasteiger partial charge is 0.494 e. The standard InChI is InChI=1S/C27H30N6O3/c1-31-24-19(30-26(31)21-11-17-4-3-7-29-25(17)33(21)13-16-5-6-16)10-18(12-22(24)35-2)27(34)32-14-20-23(15-32)36-9-8-28-20/h3-4,7,10-12,16,20,23,28H,5-6,8-9,13-15H2,1-2H3/t20-,23+/m0/s1. The maximum atomic E-state index is 13.5. The van der Waals surface area contributed by atoms with Crippen molar-refractivity contribution in [2.75, 3.05) is 33.4 Å². The van der Waals surface area contributed by atoms with Gasteiger partial charge in [-0.3, -0.25) is 4.79 Å². The van der Waals surface area contributed by atoms with E-state index in [2.05, 4.69) is 31.6 Å². The minimum absolute atomic E-state index is 0.0192. The minimum atomic E-state index is -0.0192. The lowest BCUT2D eigenvalue weighted by molar-refractivity contribution is 0.0176. The summed E-state index contributed by atoms with van der Waals surface area (Å²) in [6.45, 7) is 3.69. The number of aryl methyl sites for hydroxylation is 1. The number of imidazole rings is 1. The summed E-state index contributed by atoms with van der Waals surface area (Å²) in [4.78, 5) is 25.1. The third-order valence-electron chi connectivity index (χ3n) is 7.82. The Balaban J connectivity index is 1.31. The van der Waals surface area contributed by atoms with E-state index in [1.54, 1.807) is 7.11 Å². The van der Waals surface area contributed by atoms with E-state index >= 15 is 0 Å². The fourth-order valence-corrected chi connectivity index (χ4v) is 5.78. The van der Waals surface area contributed by atoms with E-state index in [0.29, 0.717) is 36.9 Å². The summed E-state index contributed by atoms with van der Waals surface area (Å²) < 4.78 is 16.0. The molecule has 3 fully saturated rings. The number of rotatable bonds is 5. The van der Waals surface area contributed by atoms with Crippen LogP contribution in [0.15, 0.2) is 36.5 Å². The molecule has 9 heteroatoms. The Morgan fingerprint density at radius 2 is 2.14 bits per heavy atom. The summed E-state index contributed by atoms with van der Waals surface area (Å²) >= 11 is 0. The maximum Gasteiger partial charge on any atom is 0.254 e. The zero-order chi connectivity index (χ0) is 24.4. The van der Waals surface area contributed by atoms with Crippen molar-refractivity contribution < 1.29 is 14.3 Å². The lowest BCUT2D eigenvalue weighted by atomic mass is 10.1. The van der Waals surface area contributed by atoms with Gasteiger partial charge in [-0.15, -0.1) is 0 Å². The van der Waals surface area contributed by atoms with Crippen LogP contribution in [0.25, 0.3) is 33.6 Å². The molecule has 0 unspecified atom stereocenters. The van der Waals surface area contributed by atoms with E-state index in [-0.39, 0.29) is 18.1 Å². The molecule has 1 aliphatic carbocycles. The molecule has 186 valence electrons. The number of carbonyl (C=O) groups excluding carboxylic acids is 1. The topological polar surface area (TPSA) is 86.4 Å². The van der Waals surface area contributed by atoms with Crippen molar-refractivity contribution in [3.8, 4) is 17.3 Å². The number of morpholine rings is 1. The fraction of sp³-hybridized carbons (Fsp3) is 0.444. The van der Waals surface area contributed by atoms with E-state index in [1.807, 2.05) is 36.3 Å². The summed E-state index contributed by atoms with van der Waals surface area (Å²) in [5.74, 6) is 2.16. The third kappa shape index (κ3) is 3.49. The van der Waals surface area contributed by atoms with Crippen molar-refractivity contribution in [3.63, 3.8) is 0 Å². The highest BCUT2D eigenvalue weighted by atomic mass is 16.5. The van der Waals surface area contributed by atoms with Gasteiger partial charge in [0.05, 0.1) is 37.1 Å². The molecule has 0 radical (unpaired) electrons. The number of hydrogen-bond donors (Lipinski definition) is 1. The van der Waals surface area contributed by atoms with Gasteiger partial charge in [0.1, 0.15) is 16.9 Å². The smallest absolute Gasteiger partial charge is 0.254 e. The number of hydrogen-bond acceptors (Lipinski definition) is 6. The number of fused-ring (bicyclic) bond motifs is 3. The molecule has 5 heterocycles. The molecule has 0 bridgehead atoms. The second-order valence-corrected chi connectivity index (χ2v) is 10.2. The van der Waals surface area contributed by atoms with Crippen LogP contribution in [0, 0.1) is 5.92 Å². The van der Waals surface area contributed by atoms with Gasteiger partial charge < -0.3 is 28.8 Å². The van der Waals surface area contributed by atoms with Crippen LogP contribution < -0.4 is 10.1 Å². The lowest BCUT2D eigenvalue weighted by Gasteiger charge is -2.25. The Labute approximate surface area is 209 Å². The lowest BCUT2D eigenvalue weighted by Crippen LogP contribution is -2.47. The summed E-state index contributed by atoms with van der Waals surface area (Å²) in [6, 6.07) is 10.2. The van der Waals surface area contributed by atoms with Crippen LogP contribution in [0.2, 0.25) is 0 Å². The predicted octanol–water partition coefficient (Wildman–Crippen LogP) is 2.82. The van der Waals surface area contributed by atoms with Gasteiger partial charge in [-0.1, -0.05) is 0 Å². The van der Waals surface area contributed by atoms with Gasteiger partial charge in [0.15, 0.2) is 5.82 Å². The van der Waals surface area contributed by atoms with E-state index in [4.69, 9.17) is 14.5 Å². The number of nitrogens with zero attached hydrogens (tertiary/aromatic N) is 5. The fourth-order valence-electron chi connectivity index (χ4n) is 5.78. The molecule has 2 aliphatic heterocycles. The van der Waals surface area contributed by atoms with E-state index in [1.165, 1.54) is 12.8 Å². The zero-order valence-corrected chi connectivity index (χ0v) is 20.6. The van der Waals surface area contributed by atoms with E-state index in [0.717, 1.165) is 46.7 Å². The van der Waals surface area contributed by atoms with Crippen molar-refractivity contribution in [3.05, 3.63) is 42.1 Å². The second kappa shape index (κ2) is 8.31. The van der Waals surface area contributed by atoms with Crippen LogP contribution in [0.4, 0.5) is 0 Å². The first kappa shape index (κ1) is 21.8. The Bertz CT molecular complexity index is 1470. The summed E-state index contributed by atoms with van der Waals surface area (Å²) in [6.07, 6.45) is 4.41. The Kier molecular flexibility index (Phi) is 5.04. The first-order chi connectivity index (χ1) is 17.6. The van der Waals surface area contributed by atoms with Crippen molar-refractivity contribution in [2.45, 2.75) is 31.5 Å². The molecule has 1 aromatic carbocycles. The average molecular weight is 487 g/mol. The van der Waals surface area contributed by atoms with Crippen molar-refractivity contribution in [1.29, 1.82) is 0 Å². The minimum Gasteiger partial charge on any atom is -0.494 e. The van der Waals surface area contributed by atoms with Crippen LogP contribution in [0.5, 0.6) is 5.75 Å². The van der Waals surface area contributed by atoms with Gasteiger partial charge in [-0.25, -0.2) is 9.97 Å². The van der Waals surface area contributed by atoms with Crippen molar-refractivity contribution >= 4 is 28.0 Å². The molecule has 1 saturated carbocycles. The van der Waals surface area contributed by atoms with Crippen molar-refractivity contribution in [2.24, 2.45) is 13.0 Å². The molecule has 0 spiro atoms. The maximum absolute atomic E-state index is 13.5. The highest BCUT2D eigenvalue weighted by Gasteiger charge is 2.38. The average Bonchev–Trinajstić information content (AvgIpc) is 3.36. The van der Waals surface area contributed by atoms with Crippen LogP contribution in [0.1, 0.15) is 23.2 Å². The monoisotopic (exact) mass is 486 g/mol. The van der Waals surface area contributed by atoms with Crippen LogP contribution in [0.3, 0.4) is 0 Å². The normalized spacial score (nSPS) is 21.9. The van der Waals surface area contributed by atoms with E-state index < -0.39 is 0 Å². The number of ether oxygens (including phenoxy) is 2. The highest BCUT2D eigenvalue weighted by molar-refractivity contribution is 6.00. The number of amides is 1. The number of nitrogens with one attached hydrogen (secondary N) is 1. The Morgan fingerprint density at radius 3 is 2.94 bits per heavy atom. The first-order valence-corrected chi connectivity index (χ1v) is 12.7. The Hall–Kier alpha value is -3.43. The van der Waals surface area contributed by atoms with Crippen LogP contribution in [-0.2, 0) is 18.3 Å². The molecule has 1 amide bonds. The number of carbonyl (C=O) groups is 1. The second-order valence-electron chi connectivity index (χ2n) is 10.2. The molecule has 2 atom stereocenters. The van der Waals surface area contributed by atoms with Gasteiger partial charge in [-0.2, -0.15) is 0 Å². The summed E-state index contributed by atoms with van der Waals surface area (Å²) in [5.41, 5.74) is 4.23. The number of likely N-dealkylation sites (tertiary alicyclic amines) is 1. The predicted molar refractivity (Wildman–Crippen MR) is 136 cm³/mol. The summed E-state index contributed by atoms with van der Waals surface area (Å²) in [5, 5.41) is 4.57. The molecular weight excluding hydrogens is 456 g/mol. The van der Waals surface area contributed by atoms with Crippen LogP contribution >= 0.6 is 0 Å². The first-order valence-electron chi connectivity index (χ1n) is 12.7. The summed E-state index contributed by atoms with van der Waals surface area (Å²) in [7, 11) is 3.65.